The van der Waals surface area contributed by atoms with Crippen molar-refractivity contribution in [3.63, 3.8) is 0 Å². The standard InChI is InChI=1S/C11H18N4/c1-2-3-4-7-15-9-13-11(14-15)8-12-10-5-6-10/h2,9-10,12H,1,3-8H2. The number of nitrogens with zero attached hydrogens (tertiary/aromatic N) is 3. The van der Waals surface area contributed by atoms with Gasteiger partial charge in [0.1, 0.15) is 6.33 Å². The lowest BCUT2D eigenvalue weighted by molar-refractivity contribution is 0.567. The quantitative estimate of drug-likeness (QED) is 0.543. The Morgan fingerprint density at radius 3 is 3.20 bits per heavy atom. The molecule has 0 atom stereocenters. The van der Waals surface area contributed by atoms with Gasteiger partial charge in [0.2, 0.25) is 0 Å². The van der Waals surface area contributed by atoms with E-state index in [1.54, 1.807) is 0 Å². The Kier molecular flexibility index (Phi) is 3.50. The predicted molar refractivity (Wildman–Crippen MR) is 59.3 cm³/mol. The largest absolute Gasteiger partial charge is 0.307 e. The first kappa shape index (κ1) is 10.4. The van der Waals surface area contributed by atoms with Gasteiger partial charge in [0.05, 0.1) is 6.54 Å². The van der Waals surface area contributed by atoms with Crippen LogP contribution < -0.4 is 5.32 Å². The first-order valence-corrected chi connectivity index (χ1v) is 5.61. The molecule has 4 nitrogen and oxygen atoms in total. The average molecular weight is 206 g/mol. The monoisotopic (exact) mass is 206 g/mol. The molecule has 1 N–H and O–H groups in total. The second-order valence-corrected chi connectivity index (χ2v) is 4.01. The van der Waals surface area contributed by atoms with E-state index in [1.165, 1.54) is 12.8 Å². The summed E-state index contributed by atoms with van der Waals surface area (Å²) < 4.78 is 1.91. The van der Waals surface area contributed by atoms with Crippen molar-refractivity contribution in [1.29, 1.82) is 0 Å². The zero-order chi connectivity index (χ0) is 10.5. The van der Waals surface area contributed by atoms with Crippen molar-refractivity contribution >= 4 is 0 Å². The molecule has 1 saturated carbocycles. The molecule has 0 amide bonds. The van der Waals surface area contributed by atoms with Gasteiger partial charge in [0.15, 0.2) is 5.82 Å². The lowest BCUT2D eigenvalue weighted by Crippen LogP contribution is -2.16. The highest BCUT2D eigenvalue weighted by Crippen LogP contribution is 2.18. The van der Waals surface area contributed by atoms with Crippen molar-refractivity contribution in [2.24, 2.45) is 0 Å². The fourth-order valence-corrected chi connectivity index (χ4v) is 1.44. The van der Waals surface area contributed by atoms with Crippen molar-refractivity contribution in [3.05, 3.63) is 24.8 Å². The van der Waals surface area contributed by atoms with E-state index in [2.05, 4.69) is 22.0 Å². The molecule has 1 aromatic rings. The first-order chi connectivity index (χ1) is 7.38. The van der Waals surface area contributed by atoms with Crippen molar-refractivity contribution in [3.8, 4) is 0 Å². The highest BCUT2D eigenvalue weighted by atomic mass is 15.3. The third-order valence-electron chi connectivity index (χ3n) is 2.51. The van der Waals surface area contributed by atoms with Gasteiger partial charge in [-0.3, -0.25) is 4.68 Å². The second kappa shape index (κ2) is 5.07. The van der Waals surface area contributed by atoms with E-state index < -0.39 is 0 Å². The number of rotatable bonds is 7. The van der Waals surface area contributed by atoms with Crippen LogP contribution in [-0.2, 0) is 13.1 Å². The highest BCUT2D eigenvalue weighted by Gasteiger charge is 2.20. The summed E-state index contributed by atoms with van der Waals surface area (Å²) >= 11 is 0. The Morgan fingerprint density at radius 2 is 2.47 bits per heavy atom. The Labute approximate surface area is 90.4 Å². The van der Waals surface area contributed by atoms with E-state index in [4.69, 9.17) is 0 Å². The summed E-state index contributed by atoms with van der Waals surface area (Å²) in [5.74, 6) is 0.903. The zero-order valence-electron chi connectivity index (χ0n) is 9.02. The minimum absolute atomic E-state index is 0.720. The van der Waals surface area contributed by atoms with Gasteiger partial charge in [-0.05, 0) is 25.7 Å². The average Bonchev–Trinajstić information content (AvgIpc) is 2.97. The molecule has 0 aliphatic heterocycles. The van der Waals surface area contributed by atoms with Crippen LogP contribution >= 0.6 is 0 Å². The molecule has 0 aromatic carbocycles. The Balaban J connectivity index is 1.72. The normalized spacial score (nSPS) is 15.5. The topological polar surface area (TPSA) is 42.7 Å². The predicted octanol–water partition coefficient (Wildman–Crippen LogP) is 1.50. The van der Waals surface area contributed by atoms with Gasteiger partial charge in [0.25, 0.3) is 0 Å². The zero-order valence-corrected chi connectivity index (χ0v) is 9.02. The Bertz CT molecular complexity index is 314. The van der Waals surface area contributed by atoms with Crippen LogP contribution in [0.15, 0.2) is 19.0 Å². The lowest BCUT2D eigenvalue weighted by Gasteiger charge is -1.98. The Hall–Kier alpha value is -1.16. The number of allylic oxidation sites excluding steroid dienone is 1. The number of aryl methyl sites for hydroxylation is 1. The molecule has 1 heterocycles. The molecule has 15 heavy (non-hydrogen) atoms. The number of aromatic nitrogens is 3. The summed E-state index contributed by atoms with van der Waals surface area (Å²) in [6.45, 7) is 5.44. The minimum Gasteiger partial charge on any atom is -0.307 e. The van der Waals surface area contributed by atoms with E-state index in [0.29, 0.717) is 0 Å². The van der Waals surface area contributed by atoms with Gasteiger partial charge in [-0.2, -0.15) is 5.10 Å². The molecule has 4 heteroatoms. The van der Waals surface area contributed by atoms with Gasteiger partial charge in [-0.15, -0.1) is 6.58 Å². The van der Waals surface area contributed by atoms with Gasteiger partial charge in [0, 0.05) is 12.6 Å². The number of nitrogens with one attached hydrogen (secondary N) is 1. The smallest absolute Gasteiger partial charge is 0.164 e. The van der Waals surface area contributed by atoms with Crippen LogP contribution in [-0.4, -0.2) is 20.8 Å². The van der Waals surface area contributed by atoms with Crippen molar-refractivity contribution < 1.29 is 0 Å². The maximum atomic E-state index is 4.39. The van der Waals surface area contributed by atoms with Crippen LogP contribution in [0.25, 0.3) is 0 Å². The summed E-state index contributed by atoms with van der Waals surface area (Å²) in [7, 11) is 0. The van der Waals surface area contributed by atoms with Gasteiger partial charge in [-0.25, -0.2) is 4.98 Å². The molecule has 0 bridgehead atoms. The lowest BCUT2D eigenvalue weighted by atomic mass is 10.3. The molecule has 1 fully saturated rings. The van der Waals surface area contributed by atoms with E-state index >= 15 is 0 Å². The summed E-state index contributed by atoms with van der Waals surface area (Å²) in [6, 6.07) is 0.720. The van der Waals surface area contributed by atoms with E-state index in [-0.39, 0.29) is 0 Å². The molecule has 0 saturated heterocycles. The highest BCUT2D eigenvalue weighted by molar-refractivity contribution is 4.87. The van der Waals surface area contributed by atoms with Gasteiger partial charge < -0.3 is 5.32 Å². The Morgan fingerprint density at radius 1 is 1.60 bits per heavy atom. The molecular formula is C11H18N4. The van der Waals surface area contributed by atoms with E-state index in [0.717, 1.165) is 37.8 Å². The third kappa shape index (κ3) is 3.47. The molecule has 82 valence electrons. The summed E-state index contributed by atoms with van der Waals surface area (Å²) in [4.78, 5) is 4.26. The number of hydrogen-bond acceptors (Lipinski definition) is 3. The van der Waals surface area contributed by atoms with Crippen LogP contribution in [0.2, 0.25) is 0 Å². The van der Waals surface area contributed by atoms with Crippen LogP contribution in [0.3, 0.4) is 0 Å². The van der Waals surface area contributed by atoms with Crippen LogP contribution in [0.5, 0.6) is 0 Å². The summed E-state index contributed by atoms with van der Waals surface area (Å²) in [5.41, 5.74) is 0. The molecule has 0 radical (unpaired) electrons. The fourth-order valence-electron chi connectivity index (χ4n) is 1.44. The molecule has 2 rings (SSSR count). The summed E-state index contributed by atoms with van der Waals surface area (Å²) in [6.07, 6.45) is 8.48. The second-order valence-electron chi connectivity index (χ2n) is 4.01. The van der Waals surface area contributed by atoms with Crippen LogP contribution in [0.1, 0.15) is 31.5 Å². The van der Waals surface area contributed by atoms with Crippen molar-refractivity contribution in [2.45, 2.75) is 44.8 Å². The maximum Gasteiger partial charge on any atom is 0.164 e. The van der Waals surface area contributed by atoms with Crippen LogP contribution in [0, 0.1) is 0 Å². The number of unbranched alkanes of at least 4 members (excludes halogenated alkanes) is 1. The fraction of sp³-hybridized carbons (Fsp3) is 0.636. The molecular weight excluding hydrogens is 188 g/mol. The molecule has 1 aliphatic carbocycles. The van der Waals surface area contributed by atoms with E-state index in [1.807, 2.05) is 17.1 Å². The van der Waals surface area contributed by atoms with E-state index in [9.17, 15) is 0 Å². The van der Waals surface area contributed by atoms with Crippen LogP contribution in [0.4, 0.5) is 0 Å². The molecule has 1 aliphatic rings. The van der Waals surface area contributed by atoms with Crippen molar-refractivity contribution in [1.82, 2.24) is 20.1 Å². The SMILES string of the molecule is C=CCCCn1cnc(CNC2CC2)n1. The van der Waals surface area contributed by atoms with Gasteiger partial charge in [-0.1, -0.05) is 6.08 Å². The summed E-state index contributed by atoms with van der Waals surface area (Å²) in [5, 5.41) is 7.79. The minimum atomic E-state index is 0.720. The van der Waals surface area contributed by atoms with Crippen molar-refractivity contribution in [2.75, 3.05) is 0 Å². The number of hydrogen-bond donors (Lipinski definition) is 1. The maximum absolute atomic E-state index is 4.39. The molecule has 0 unspecified atom stereocenters. The third-order valence-corrected chi connectivity index (χ3v) is 2.51. The molecule has 0 spiro atoms. The van der Waals surface area contributed by atoms with Gasteiger partial charge >= 0.3 is 0 Å². The first-order valence-electron chi connectivity index (χ1n) is 5.61. The molecule has 1 aromatic heterocycles.